The van der Waals surface area contributed by atoms with Gasteiger partial charge in [-0.25, -0.2) is 0 Å². The lowest BCUT2D eigenvalue weighted by molar-refractivity contribution is -0.137. The van der Waals surface area contributed by atoms with Gasteiger partial charge in [-0.3, -0.25) is 14.5 Å². The molecule has 0 radical (unpaired) electrons. The van der Waals surface area contributed by atoms with Crippen LogP contribution in [0.25, 0.3) is 28.3 Å². The molecule has 0 spiro atoms. The van der Waals surface area contributed by atoms with E-state index in [4.69, 9.17) is 17.3 Å². The lowest BCUT2D eigenvalue weighted by Gasteiger charge is -2.12. The fourth-order valence-corrected chi connectivity index (χ4v) is 4.62. The molecule has 0 aromatic heterocycles. The van der Waals surface area contributed by atoms with Crippen molar-refractivity contribution in [1.82, 2.24) is 4.90 Å². The molecule has 1 saturated heterocycles. The first-order valence-electron chi connectivity index (χ1n) is 9.74. The van der Waals surface area contributed by atoms with Crippen molar-refractivity contribution in [3.63, 3.8) is 0 Å². The van der Waals surface area contributed by atoms with Gasteiger partial charge in [0, 0.05) is 6.54 Å². The highest BCUT2D eigenvalue weighted by Gasteiger charge is 2.31. The molecule has 1 aliphatic rings. The minimum Gasteiger partial charge on any atom is -0.481 e. The summed E-state index contributed by atoms with van der Waals surface area (Å²) in [5.74, 6) is -1.19. The summed E-state index contributed by atoms with van der Waals surface area (Å²) in [7, 11) is 0. The van der Waals surface area contributed by atoms with Crippen LogP contribution in [-0.2, 0) is 9.59 Å². The molecule has 3 aromatic rings. The van der Waals surface area contributed by atoms with Gasteiger partial charge in [-0.1, -0.05) is 103 Å². The van der Waals surface area contributed by atoms with Gasteiger partial charge in [-0.2, -0.15) is 0 Å². The average Bonchev–Trinajstić information content (AvgIpc) is 3.06. The number of nitrogens with zero attached hydrogens (tertiary/aromatic N) is 1. The van der Waals surface area contributed by atoms with Gasteiger partial charge >= 0.3 is 5.97 Å². The number of amides is 1. The van der Waals surface area contributed by atoms with Crippen LogP contribution in [0.1, 0.15) is 12.0 Å². The summed E-state index contributed by atoms with van der Waals surface area (Å²) in [6, 6.07) is 26.6. The second-order valence-corrected chi connectivity index (χ2v) is 8.72. The van der Waals surface area contributed by atoms with Gasteiger partial charge in [0.1, 0.15) is 4.32 Å². The number of thioether (sulfide) groups is 1. The first-order chi connectivity index (χ1) is 15.0. The zero-order valence-corrected chi connectivity index (χ0v) is 18.2. The monoisotopic (exact) mass is 445 g/mol. The molecule has 1 N–H and O–H groups in total. The number of hydrogen-bond acceptors (Lipinski definition) is 4. The van der Waals surface area contributed by atoms with Crippen LogP contribution < -0.4 is 0 Å². The number of thiocarbonyl (C=S) groups is 1. The summed E-state index contributed by atoms with van der Waals surface area (Å²) in [6.45, 7) is 0.0925. The van der Waals surface area contributed by atoms with Crippen LogP contribution >= 0.6 is 24.0 Å². The zero-order chi connectivity index (χ0) is 21.8. The van der Waals surface area contributed by atoms with Crippen molar-refractivity contribution < 1.29 is 14.7 Å². The van der Waals surface area contributed by atoms with Gasteiger partial charge in [0.2, 0.25) is 0 Å². The van der Waals surface area contributed by atoms with E-state index < -0.39 is 5.97 Å². The van der Waals surface area contributed by atoms with Gasteiger partial charge < -0.3 is 5.11 Å². The Hall–Kier alpha value is -3.22. The van der Waals surface area contributed by atoms with E-state index in [1.165, 1.54) is 27.8 Å². The van der Waals surface area contributed by atoms with E-state index in [2.05, 4.69) is 36.4 Å². The van der Waals surface area contributed by atoms with Crippen LogP contribution in [0.3, 0.4) is 0 Å². The first kappa shape index (κ1) is 21.0. The Bertz CT molecular complexity index is 1150. The predicted molar refractivity (Wildman–Crippen MR) is 129 cm³/mol. The molecule has 0 unspecified atom stereocenters. The van der Waals surface area contributed by atoms with Crippen molar-refractivity contribution in [3.05, 3.63) is 89.3 Å². The Morgan fingerprint density at radius 1 is 0.871 bits per heavy atom. The fraction of sp³-hybridized carbons (Fsp3) is 0.0800. The molecule has 1 aliphatic heterocycles. The molecule has 0 bridgehead atoms. The van der Waals surface area contributed by atoms with Crippen molar-refractivity contribution in [1.29, 1.82) is 0 Å². The third-order valence-electron chi connectivity index (χ3n) is 4.96. The normalized spacial score (nSPS) is 15.0. The van der Waals surface area contributed by atoms with E-state index in [-0.39, 0.29) is 18.9 Å². The summed E-state index contributed by atoms with van der Waals surface area (Å²) in [5, 5.41) is 8.84. The van der Waals surface area contributed by atoms with Gasteiger partial charge in [-0.05, 0) is 33.9 Å². The van der Waals surface area contributed by atoms with Gasteiger partial charge in [0.15, 0.2) is 0 Å². The highest BCUT2D eigenvalue weighted by atomic mass is 32.2. The molecule has 1 fully saturated rings. The number of hydrogen-bond donors (Lipinski definition) is 1. The van der Waals surface area contributed by atoms with Crippen LogP contribution in [0, 0.1) is 0 Å². The van der Waals surface area contributed by atoms with Crippen LogP contribution in [0.2, 0.25) is 0 Å². The summed E-state index contributed by atoms with van der Waals surface area (Å²) >= 11 is 6.43. The third-order valence-corrected chi connectivity index (χ3v) is 6.33. The molecule has 31 heavy (non-hydrogen) atoms. The zero-order valence-electron chi connectivity index (χ0n) is 16.5. The first-order valence-corrected chi connectivity index (χ1v) is 11.0. The second-order valence-electron chi connectivity index (χ2n) is 7.04. The molecule has 3 aromatic carbocycles. The van der Waals surface area contributed by atoms with Crippen molar-refractivity contribution in [2.45, 2.75) is 6.42 Å². The number of carboxylic acids is 1. The van der Waals surface area contributed by atoms with E-state index in [0.717, 1.165) is 16.7 Å². The van der Waals surface area contributed by atoms with E-state index in [0.29, 0.717) is 9.23 Å². The maximum atomic E-state index is 12.5. The molecular weight excluding hydrogens is 426 g/mol. The number of benzene rings is 3. The van der Waals surface area contributed by atoms with Crippen LogP contribution in [0.4, 0.5) is 0 Å². The van der Waals surface area contributed by atoms with Gasteiger partial charge in [0.25, 0.3) is 5.91 Å². The Kier molecular flexibility index (Phi) is 6.30. The highest BCUT2D eigenvalue weighted by Crippen LogP contribution is 2.33. The minimum atomic E-state index is -0.953. The van der Waals surface area contributed by atoms with Gasteiger partial charge in [-0.15, -0.1) is 0 Å². The molecule has 1 amide bonds. The molecular formula is C25H19NO3S2. The number of carbonyl (C=O) groups is 2. The SMILES string of the molecule is O=C(O)CCN1C(=O)/C(=C/c2ccc(-c3ccc(-c4ccccc4)cc3)cc2)SC1=S. The van der Waals surface area contributed by atoms with E-state index in [1.807, 2.05) is 42.5 Å². The lowest BCUT2D eigenvalue weighted by atomic mass is 9.99. The topological polar surface area (TPSA) is 57.6 Å². The smallest absolute Gasteiger partial charge is 0.305 e. The number of aliphatic carboxylic acids is 1. The maximum absolute atomic E-state index is 12.5. The standard InChI is InChI=1S/C25H19NO3S2/c27-23(28)14-15-26-24(29)22(31-25(26)30)16-17-6-8-19(9-7-17)21-12-10-20(11-13-21)18-4-2-1-3-5-18/h1-13,16H,14-15H2,(H,27,28)/b22-16-. The van der Waals surface area contributed by atoms with Gasteiger partial charge in [0.05, 0.1) is 11.3 Å². The van der Waals surface area contributed by atoms with Crippen molar-refractivity contribution in [2.75, 3.05) is 6.54 Å². The summed E-state index contributed by atoms with van der Waals surface area (Å²) in [6.07, 6.45) is 1.67. The maximum Gasteiger partial charge on any atom is 0.305 e. The number of carboxylic acid groups (broad SMARTS) is 1. The van der Waals surface area contributed by atoms with Crippen LogP contribution in [0.15, 0.2) is 83.8 Å². The Morgan fingerprint density at radius 2 is 1.39 bits per heavy atom. The number of carbonyl (C=O) groups excluding carboxylic acids is 1. The summed E-state index contributed by atoms with van der Waals surface area (Å²) in [4.78, 5) is 25.2. The Morgan fingerprint density at radius 3 is 1.94 bits per heavy atom. The van der Waals surface area contributed by atoms with Crippen molar-refractivity contribution >= 4 is 46.3 Å². The van der Waals surface area contributed by atoms with Crippen molar-refractivity contribution in [3.8, 4) is 22.3 Å². The third kappa shape index (κ3) is 4.93. The average molecular weight is 446 g/mol. The molecule has 0 atom stereocenters. The Labute approximate surface area is 190 Å². The summed E-state index contributed by atoms with van der Waals surface area (Å²) < 4.78 is 0.396. The molecule has 6 heteroatoms. The number of rotatable bonds is 6. The van der Waals surface area contributed by atoms with Crippen LogP contribution in [0.5, 0.6) is 0 Å². The fourth-order valence-electron chi connectivity index (χ4n) is 3.31. The molecule has 0 saturated carbocycles. The quantitative estimate of drug-likeness (QED) is 0.390. The largest absolute Gasteiger partial charge is 0.481 e. The summed E-state index contributed by atoms with van der Waals surface area (Å²) in [5.41, 5.74) is 5.45. The molecule has 4 nitrogen and oxygen atoms in total. The highest BCUT2D eigenvalue weighted by molar-refractivity contribution is 8.26. The molecule has 4 rings (SSSR count). The second kappa shape index (κ2) is 9.29. The Balaban J connectivity index is 1.48. The van der Waals surface area contributed by atoms with Crippen LogP contribution in [-0.4, -0.2) is 32.7 Å². The molecule has 154 valence electrons. The predicted octanol–water partition coefficient (Wildman–Crippen LogP) is 5.70. The minimum absolute atomic E-state index is 0.0925. The van der Waals surface area contributed by atoms with E-state index >= 15 is 0 Å². The molecule has 0 aliphatic carbocycles. The van der Waals surface area contributed by atoms with E-state index in [1.54, 1.807) is 6.08 Å². The lowest BCUT2D eigenvalue weighted by Crippen LogP contribution is -2.30. The van der Waals surface area contributed by atoms with Crippen molar-refractivity contribution in [2.24, 2.45) is 0 Å². The molecule has 1 heterocycles. The van der Waals surface area contributed by atoms with E-state index in [9.17, 15) is 9.59 Å².